The maximum Gasteiger partial charge on any atom is 0.494 e. The lowest BCUT2D eigenvalue weighted by Crippen LogP contribution is -2.48. The highest BCUT2D eigenvalue weighted by Gasteiger charge is 2.51. The highest BCUT2D eigenvalue weighted by Crippen LogP contribution is 2.36. The van der Waals surface area contributed by atoms with Gasteiger partial charge in [-0.25, -0.2) is 8.42 Å². The van der Waals surface area contributed by atoms with Gasteiger partial charge in [0.15, 0.2) is 0 Å². The Bertz CT molecular complexity index is 725. The summed E-state index contributed by atoms with van der Waals surface area (Å²) in [5, 5.41) is 0. The number of sulfonamides is 1. The first kappa shape index (κ1) is 19.8. The lowest BCUT2D eigenvalue weighted by atomic mass is 9.79. The van der Waals surface area contributed by atoms with Crippen LogP contribution in [0.3, 0.4) is 0 Å². The Labute approximate surface area is 157 Å². The minimum atomic E-state index is -3.45. The monoisotopic (exact) mass is 380 g/mol. The normalized spacial score (nSPS) is 24.1. The van der Waals surface area contributed by atoms with Gasteiger partial charge in [0.05, 0.1) is 16.1 Å². The van der Waals surface area contributed by atoms with Gasteiger partial charge in [-0.1, -0.05) is 19.1 Å². The van der Waals surface area contributed by atoms with E-state index in [1.165, 1.54) is 0 Å². The minimum absolute atomic E-state index is 0.322. The zero-order valence-electron chi connectivity index (χ0n) is 16.4. The molecule has 0 unspecified atom stereocenters. The van der Waals surface area contributed by atoms with Crippen molar-refractivity contribution in [1.82, 2.24) is 9.21 Å². The molecule has 2 heterocycles. The number of benzene rings is 1. The summed E-state index contributed by atoms with van der Waals surface area (Å²) in [6.45, 7) is 13.7. The van der Waals surface area contributed by atoms with Crippen LogP contribution >= 0.6 is 0 Å². The van der Waals surface area contributed by atoms with Crippen molar-refractivity contribution in [3.63, 3.8) is 0 Å². The molecule has 3 rings (SSSR count). The van der Waals surface area contributed by atoms with Crippen LogP contribution in [0, 0.1) is 0 Å². The third kappa shape index (κ3) is 3.58. The van der Waals surface area contributed by atoms with Crippen LogP contribution < -0.4 is 5.46 Å². The average molecular weight is 380 g/mol. The van der Waals surface area contributed by atoms with Crippen molar-refractivity contribution in [2.24, 2.45) is 0 Å². The molecule has 1 aromatic rings. The second-order valence-electron chi connectivity index (χ2n) is 8.00. The fraction of sp³-hybridized carbons (Fsp3) is 0.667. The van der Waals surface area contributed by atoms with Crippen LogP contribution in [-0.2, 0) is 19.3 Å². The van der Waals surface area contributed by atoms with Crippen LogP contribution in [0.25, 0.3) is 0 Å². The quantitative estimate of drug-likeness (QED) is 0.738. The maximum atomic E-state index is 12.9. The Hall–Kier alpha value is -0.925. The van der Waals surface area contributed by atoms with E-state index in [0.29, 0.717) is 18.0 Å². The Morgan fingerprint density at radius 3 is 1.92 bits per heavy atom. The number of hydrogen-bond donors (Lipinski definition) is 0. The van der Waals surface area contributed by atoms with Crippen molar-refractivity contribution in [1.29, 1.82) is 0 Å². The highest BCUT2D eigenvalue weighted by atomic mass is 32.2. The molecule has 0 aromatic heterocycles. The molecule has 0 bridgehead atoms. The fourth-order valence-electron chi connectivity index (χ4n) is 3.21. The topological polar surface area (TPSA) is 59.1 Å². The molecule has 0 saturated carbocycles. The van der Waals surface area contributed by atoms with Gasteiger partial charge < -0.3 is 14.2 Å². The lowest BCUT2D eigenvalue weighted by Gasteiger charge is -2.33. The third-order valence-electron chi connectivity index (χ3n) is 5.82. The Balaban J connectivity index is 1.74. The van der Waals surface area contributed by atoms with Crippen molar-refractivity contribution in [2.45, 2.75) is 50.7 Å². The Morgan fingerprint density at radius 1 is 0.962 bits per heavy atom. The number of hydrogen-bond acceptors (Lipinski definition) is 5. The first-order valence-corrected chi connectivity index (χ1v) is 10.7. The summed E-state index contributed by atoms with van der Waals surface area (Å²) in [6, 6.07) is 6.89. The molecule has 2 fully saturated rings. The molecule has 0 radical (unpaired) electrons. The Morgan fingerprint density at radius 2 is 1.46 bits per heavy atom. The number of nitrogens with zero attached hydrogens (tertiary/aromatic N) is 2. The molecular formula is C18H29BN2O4S. The molecule has 26 heavy (non-hydrogen) atoms. The maximum absolute atomic E-state index is 12.9. The van der Waals surface area contributed by atoms with Crippen molar-refractivity contribution < 1.29 is 17.7 Å². The van der Waals surface area contributed by atoms with Crippen molar-refractivity contribution >= 4 is 22.6 Å². The van der Waals surface area contributed by atoms with Crippen molar-refractivity contribution in [3.8, 4) is 0 Å². The molecule has 0 amide bonds. The summed E-state index contributed by atoms with van der Waals surface area (Å²) in [6.07, 6.45) is 0. The van der Waals surface area contributed by atoms with E-state index in [-0.39, 0.29) is 0 Å². The second kappa shape index (κ2) is 6.91. The van der Waals surface area contributed by atoms with Gasteiger partial charge in [-0.3, -0.25) is 0 Å². The van der Waals surface area contributed by atoms with Gasteiger partial charge in [-0.05, 0) is 51.8 Å². The number of rotatable bonds is 4. The van der Waals surface area contributed by atoms with Gasteiger partial charge in [0.25, 0.3) is 0 Å². The highest BCUT2D eigenvalue weighted by molar-refractivity contribution is 7.89. The molecule has 0 aliphatic carbocycles. The van der Waals surface area contributed by atoms with Crippen LogP contribution in [0.5, 0.6) is 0 Å². The fourth-order valence-corrected chi connectivity index (χ4v) is 4.63. The zero-order valence-corrected chi connectivity index (χ0v) is 17.2. The van der Waals surface area contributed by atoms with Crippen molar-refractivity contribution in [3.05, 3.63) is 24.3 Å². The van der Waals surface area contributed by atoms with E-state index in [9.17, 15) is 8.42 Å². The van der Waals surface area contributed by atoms with E-state index in [1.54, 1.807) is 28.6 Å². The second-order valence-corrected chi connectivity index (χ2v) is 9.93. The molecule has 0 spiro atoms. The van der Waals surface area contributed by atoms with E-state index in [0.717, 1.165) is 25.1 Å². The summed E-state index contributed by atoms with van der Waals surface area (Å²) in [7, 11) is -3.94. The molecule has 0 atom stereocenters. The zero-order chi connectivity index (χ0) is 19.2. The summed E-state index contributed by atoms with van der Waals surface area (Å²) < 4.78 is 39.4. The molecule has 2 saturated heterocycles. The van der Waals surface area contributed by atoms with E-state index in [1.807, 2.05) is 27.7 Å². The average Bonchev–Trinajstić information content (AvgIpc) is 2.83. The van der Waals surface area contributed by atoms with E-state index in [2.05, 4.69) is 11.8 Å². The van der Waals surface area contributed by atoms with Gasteiger partial charge in [0.1, 0.15) is 0 Å². The molecule has 0 N–H and O–H groups in total. The summed E-state index contributed by atoms with van der Waals surface area (Å²) >= 11 is 0. The largest absolute Gasteiger partial charge is 0.494 e. The van der Waals surface area contributed by atoms with Gasteiger partial charge in [0.2, 0.25) is 10.0 Å². The Kier molecular flexibility index (Phi) is 5.27. The van der Waals surface area contributed by atoms with Crippen molar-refractivity contribution in [2.75, 3.05) is 32.7 Å². The predicted molar refractivity (Wildman–Crippen MR) is 103 cm³/mol. The molecular weight excluding hydrogens is 351 g/mol. The van der Waals surface area contributed by atoms with Crippen LogP contribution in [-0.4, -0.2) is 68.7 Å². The number of piperazine rings is 1. The van der Waals surface area contributed by atoms with E-state index >= 15 is 0 Å². The third-order valence-corrected chi connectivity index (χ3v) is 7.73. The summed E-state index contributed by atoms with van der Waals surface area (Å²) in [5.74, 6) is 0. The molecule has 8 heteroatoms. The smallest absolute Gasteiger partial charge is 0.399 e. The van der Waals surface area contributed by atoms with E-state index < -0.39 is 28.3 Å². The lowest BCUT2D eigenvalue weighted by molar-refractivity contribution is 0.00578. The standard InChI is InChI=1S/C18H29BN2O4S/c1-6-20-11-13-21(14-12-20)26(22,23)16-9-7-15(8-10-16)19-24-17(2,3)18(4,5)25-19/h7-10H,6,11-14H2,1-5H3. The molecule has 1 aromatic carbocycles. The van der Waals surface area contributed by atoms with E-state index in [4.69, 9.17) is 9.31 Å². The van der Waals surface area contributed by atoms with Crippen LogP contribution in [0.1, 0.15) is 34.6 Å². The predicted octanol–water partition coefficient (Wildman–Crippen LogP) is 1.31. The van der Waals surface area contributed by atoms with Crippen LogP contribution in [0.2, 0.25) is 0 Å². The molecule has 6 nitrogen and oxygen atoms in total. The molecule has 144 valence electrons. The number of likely N-dealkylation sites (N-methyl/N-ethyl adjacent to an activating group) is 1. The van der Waals surface area contributed by atoms with Gasteiger partial charge in [0, 0.05) is 26.2 Å². The SMILES string of the molecule is CCN1CCN(S(=O)(=O)c2ccc(B3OC(C)(C)C(C)(C)O3)cc2)CC1. The van der Waals surface area contributed by atoms with Crippen LogP contribution in [0.15, 0.2) is 29.2 Å². The first-order valence-electron chi connectivity index (χ1n) is 9.25. The minimum Gasteiger partial charge on any atom is -0.399 e. The summed E-state index contributed by atoms with van der Waals surface area (Å²) in [5.41, 5.74) is 0.00123. The van der Waals surface area contributed by atoms with Crippen LogP contribution in [0.4, 0.5) is 0 Å². The first-order chi connectivity index (χ1) is 12.1. The van der Waals surface area contributed by atoms with Gasteiger partial charge >= 0.3 is 7.12 Å². The molecule has 2 aliphatic rings. The van der Waals surface area contributed by atoms with Gasteiger partial charge in [-0.2, -0.15) is 4.31 Å². The molecule has 2 aliphatic heterocycles. The summed E-state index contributed by atoms with van der Waals surface area (Å²) in [4.78, 5) is 2.58. The van der Waals surface area contributed by atoms with Gasteiger partial charge in [-0.15, -0.1) is 0 Å².